The fraction of sp³-hybridized carbons (Fsp3) is 0.278. The number of carbonyl (C=O) groups is 1. The second-order valence-electron chi connectivity index (χ2n) is 4.92. The average Bonchev–Trinajstić information content (AvgIpc) is 2.47. The Morgan fingerprint density at radius 3 is 2.52 bits per heavy atom. The van der Waals surface area contributed by atoms with Crippen LogP contribution in [0, 0.1) is 6.92 Å². The molecule has 0 bridgehead atoms. The number of rotatable bonds is 7. The summed E-state index contributed by atoms with van der Waals surface area (Å²) >= 11 is 0. The topological polar surface area (TPSA) is 35.5 Å². The van der Waals surface area contributed by atoms with Crippen LogP contribution in [0.15, 0.2) is 48.5 Å². The van der Waals surface area contributed by atoms with Crippen molar-refractivity contribution in [2.45, 2.75) is 20.3 Å². The van der Waals surface area contributed by atoms with Crippen molar-refractivity contribution in [1.82, 2.24) is 0 Å². The molecule has 0 spiro atoms. The summed E-state index contributed by atoms with van der Waals surface area (Å²) in [5.74, 6) is 1.53. The zero-order valence-corrected chi connectivity index (χ0v) is 12.5. The number of aryl methyl sites for hydroxylation is 1. The van der Waals surface area contributed by atoms with Gasteiger partial charge in [-0.1, -0.05) is 24.3 Å². The van der Waals surface area contributed by atoms with Gasteiger partial charge in [0.25, 0.3) is 0 Å². The molecule has 0 fully saturated rings. The van der Waals surface area contributed by atoms with E-state index in [1.54, 1.807) is 13.0 Å². The molecule has 3 nitrogen and oxygen atoms in total. The van der Waals surface area contributed by atoms with Gasteiger partial charge in [0, 0.05) is 6.42 Å². The van der Waals surface area contributed by atoms with E-state index >= 15 is 0 Å². The highest BCUT2D eigenvalue weighted by Crippen LogP contribution is 2.18. The highest BCUT2D eigenvalue weighted by atomic mass is 16.5. The van der Waals surface area contributed by atoms with Crippen LogP contribution in [0.1, 0.15) is 29.3 Å². The molecule has 0 atom stereocenters. The number of benzene rings is 2. The van der Waals surface area contributed by atoms with Gasteiger partial charge in [0.05, 0.1) is 18.8 Å². The Morgan fingerprint density at radius 1 is 1.00 bits per heavy atom. The zero-order valence-electron chi connectivity index (χ0n) is 12.5. The molecule has 110 valence electrons. The third-order valence-electron chi connectivity index (χ3n) is 3.07. The summed E-state index contributed by atoms with van der Waals surface area (Å²) < 4.78 is 11.3. The quantitative estimate of drug-likeness (QED) is 0.568. The summed E-state index contributed by atoms with van der Waals surface area (Å²) in [7, 11) is 0. The molecule has 2 aromatic carbocycles. The lowest BCUT2D eigenvalue weighted by Crippen LogP contribution is -2.07. The van der Waals surface area contributed by atoms with Gasteiger partial charge in [-0.3, -0.25) is 4.79 Å². The summed E-state index contributed by atoms with van der Waals surface area (Å²) in [5, 5.41) is 0. The van der Waals surface area contributed by atoms with E-state index in [2.05, 4.69) is 0 Å². The van der Waals surface area contributed by atoms with Crippen LogP contribution in [-0.4, -0.2) is 19.0 Å². The first kappa shape index (κ1) is 15.1. The standard InChI is InChI=1S/C18H20O3/c1-14-7-5-8-16(13-14)20-11-6-12-21-18-10-4-3-9-17(18)15(2)19/h3-5,7-10,13H,6,11-12H2,1-2H3. The van der Waals surface area contributed by atoms with Crippen molar-refractivity contribution in [3.63, 3.8) is 0 Å². The highest BCUT2D eigenvalue weighted by Gasteiger charge is 2.06. The van der Waals surface area contributed by atoms with Crippen LogP contribution in [0.25, 0.3) is 0 Å². The largest absolute Gasteiger partial charge is 0.493 e. The first-order valence-corrected chi connectivity index (χ1v) is 7.09. The lowest BCUT2D eigenvalue weighted by atomic mass is 10.1. The summed E-state index contributed by atoms with van der Waals surface area (Å²) in [5.41, 5.74) is 1.80. The SMILES string of the molecule is CC(=O)c1ccccc1OCCCOc1cccc(C)c1. The maximum absolute atomic E-state index is 11.5. The van der Waals surface area contributed by atoms with Crippen LogP contribution in [0.2, 0.25) is 0 Å². The fourth-order valence-corrected chi connectivity index (χ4v) is 2.02. The first-order chi connectivity index (χ1) is 10.2. The third-order valence-corrected chi connectivity index (χ3v) is 3.07. The minimum Gasteiger partial charge on any atom is -0.493 e. The monoisotopic (exact) mass is 284 g/mol. The number of ketones is 1. The second-order valence-corrected chi connectivity index (χ2v) is 4.92. The van der Waals surface area contributed by atoms with E-state index < -0.39 is 0 Å². The van der Waals surface area contributed by atoms with Crippen LogP contribution in [0.5, 0.6) is 11.5 Å². The molecule has 0 radical (unpaired) electrons. The maximum atomic E-state index is 11.5. The normalized spacial score (nSPS) is 10.2. The van der Waals surface area contributed by atoms with Crippen LogP contribution in [0.4, 0.5) is 0 Å². The summed E-state index contributed by atoms with van der Waals surface area (Å²) in [6.07, 6.45) is 0.764. The molecule has 0 amide bonds. The molecular weight excluding hydrogens is 264 g/mol. The minimum absolute atomic E-state index is 0.0154. The van der Waals surface area contributed by atoms with Crippen LogP contribution < -0.4 is 9.47 Å². The Hall–Kier alpha value is -2.29. The van der Waals surface area contributed by atoms with E-state index in [1.165, 1.54) is 5.56 Å². The van der Waals surface area contributed by atoms with Gasteiger partial charge in [-0.2, -0.15) is 0 Å². The van der Waals surface area contributed by atoms with E-state index in [0.29, 0.717) is 24.5 Å². The van der Waals surface area contributed by atoms with Gasteiger partial charge >= 0.3 is 0 Å². The Bertz CT molecular complexity index is 605. The van der Waals surface area contributed by atoms with Crippen LogP contribution in [-0.2, 0) is 0 Å². The minimum atomic E-state index is 0.0154. The van der Waals surface area contributed by atoms with Crippen molar-refractivity contribution < 1.29 is 14.3 Å². The number of para-hydroxylation sites is 1. The summed E-state index contributed by atoms with van der Waals surface area (Å²) in [6.45, 7) is 4.69. The lowest BCUT2D eigenvalue weighted by Gasteiger charge is -2.10. The molecule has 0 N–H and O–H groups in total. The lowest BCUT2D eigenvalue weighted by molar-refractivity contribution is 0.101. The smallest absolute Gasteiger partial charge is 0.163 e. The number of carbonyl (C=O) groups excluding carboxylic acids is 1. The van der Waals surface area contributed by atoms with Gasteiger partial charge in [-0.15, -0.1) is 0 Å². The van der Waals surface area contributed by atoms with Gasteiger partial charge in [-0.25, -0.2) is 0 Å². The van der Waals surface area contributed by atoms with Gasteiger partial charge in [0.15, 0.2) is 5.78 Å². The van der Waals surface area contributed by atoms with Crippen LogP contribution in [0.3, 0.4) is 0 Å². The fourth-order valence-electron chi connectivity index (χ4n) is 2.02. The van der Waals surface area contributed by atoms with Gasteiger partial charge in [-0.05, 0) is 43.7 Å². The summed E-state index contributed by atoms with van der Waals surface area (Å²) in [6, 6.07) is 15.3. The van der Waals surface area contributed by atoms with Crippen molar-refractivity contribution in [1.29, 1.82) is 0 Å². The molecule has 3 heteroatoms. The zero-order chi connectivity index (χ0) is 15.1. The molecular formula is C18H20O3. The van der Waals surface area contributed by atoms with Gasteiger partial charge in [0.2, 0.25) is 0 Å². The van der Waals surface area contributed by atoms with Crippen LogP contribution >= 0.6 is 0 Å². The molecule has 0 aliphatic carbocycles. The van der Waals surface area contributed by atoms with Gasteiger partial charge in [0.1, 0.15) is 11.5 Å². The van der Waals surface area contributed by atoms with E-state index in [4.69, 9.17) is 9.47 Å². The molecule has 21 heavy (non-hydrogen) atoms. The first-order valence-electron chi connectivity index (χ1n) is 7.09. The van der Waals surface area contributed by atoms with E-state index in [1.807, 2.05) is 49.4 Å². The Labute approximate surface area is 125 Å². The third kappa shape index (κ3) is 4.63. The summed E-state index contributed by atoms with van der Waals surface area (Å²) in [4.78, 5) is 11.5. The predicted molar refractivity (Wildman–Crippen MR) is 83.2 cm³/mol. The Morgan fingerprint density at radius 2 is 1.76 bits per heavy atom. The van der Waals surface area contributed by atoms with Crippen molar-refractivity contribution in [3.8, 4) is 11.5 Å². The number of Topliss-reactive ketones (excluding diaryl/α,β-unsaturated/α-hetero) is 1. The molecule has 0 aliphatic rings. The molecule has 0 heterocycles. The highest BCUT2D eigenvalue weighted by molar-refractivity contribution is 5.96. The van der Waals surface area contributed by atoms with Gasteiger partial charge < -0.3 is 9.47 Å². The molecule has 0 saturated carbocycles. The van der Waals surface area contributed by atoms with E-state index in [-0.39, 0.29) is 5.78 Å². The second kappa shape index (κ2) is 7.48. The van der Waals surface area contributed by atoms with Crippen molar-refractivity contribution in [3.05, 3.63) is 59.7 Å². The predicted octanol–water partition coefficient (Wildman–Crippen LogP) is 4.05. The van der Waals surface area contributed by atoms with E-state index in [9.17, 15) is 4.79 Å². The van der Waals surface area contributed by atoms with E-state index in [0.717, 1.165) is 12.2 Å². The van der Waals surface area contributed by atoms with Crippen molar-refractivity contribution in [2.24, 2.45) is 0 Å². The molecule has 0 unspecified atom stereocenters. The molecule has 0 saturated heterocycles. The Balaban J connectivity index is 1.76. The molecule has 2 aromatic rings. The number of ether oxygens (including phenoxy) is 2. The Kier molecular flexibility index (Phi) is 5.38. The molecule has 2 rings (SSSR count). The number of hydrogen-bond acceptors (Lipinski definition) is 3. The maximum Gasteiger partial charge on any atom is 0.163 e. The number of hydrogen-bond donors (Lipinski definition) is 0. The van der Waals surface area contributed by atoms with Crippen molar-refractivity contribution >= 4 is 5.78 Å². The molecule has 0 aliphatic heterocycles. The average molecular weight is 284 g/mol. The molecule has 0 aromatic heterocycles. The van der Waals surface area contributed by atoms with Crippen molar-refractivity contribution in [2.75, 3.05) is 13.2 Å².